The van der Waals surface area contributed by atoms with Gasteiger partial charge in [-0.05, 0) is 37.1 Å². The van der Waals surface area contributed by atoms with E-state index in [1.165, 1.54) is 4.90 Å². The highest BCUT2D eigenvalue weighted by Crippen LogP contribution is 2.45. The topological polar surface area (TPSA) is 59.8 Å². The van der Waals surface area contributed by atoms with Gasteiger partial charge in [-0.1, -0.05) is 23.7 Å². The van der Waals surface area contributed by atoms with E-state index in [-0.39, 0.29) is 5.91 Å². The van der Waals surface area contributed by atoms with Crippen LogP contribution in [0.15, 0.2) is 47.5 Å². The summed E-state index contributed by atoms with van der Waals surface area (Å²) in [6.45, 7) is 0. The van der Waals surface area contributed by atoms with Gasteiger partial charge in [0.05, 0.1) is 11.4 Å². The Morgan fingerprint density at radius 2 is 2.12 bits per heavy atom. The third-order valence-corrected chi connectivity index (χ3v) is 5.89. The summed E-state index contributed by atoms with van der Waals surface area (Å²) in [5.41, 5.74) is 3.21. The predicted octanol–water partition coefficient (Wildman–Crippen LogP) is 4.66. The summed E-state index contributed by atoms with van der Waals surface area (Å²) < 4.78 is 2.19. The van der Waals surface area contributed by atoms with Gasteiger partial charge in [0, 0.05) is 28.5 Å². The van der Waals surface area contributed by atoms with Crippen molar-refractivity contribution in [1.29, 1.82) is 0 Å². The molecule has 0 spiro atoms. The van der Waals surface area contributed by atoms with E-state index < -0.39 is 0 Å². The lowest BCUT2D eigenvalue weighted by molar-refractivity contribution is 0.102. The van der Waals surface area contributed by atoms with E-state index >= 15 is 0 Å². The molecule has 0 saturated heterocycles. The number of aromatic nitrogens is 3. The molecule has 3 heterocycles. The number of thioether (sulfide) groups is 1. The van der Waals surface area contributed by atoms with Crippen LogP contribution in [0.1, 0.15) is 40.8 Å². The molecule has 1 aliphatic carbocycles. The molecule has 2 aliphatic rings. The molecule has 0 radical (unpaired) electrons. The van der Waals surface area contributed by atoms with Gasteiger partial charge in [0.15, 0.2) is 5.69 Å². The second kappa shape index (κ2) is 6.14. The van der Waals surface area contributed by atoms with Gasteiger partial charge in [-0.25, -0.2) is 9.97 Å². The molecule has 1 N–H and O–H groups in total. The minimum atomic E-state index is -0.206. The Bertz CT molecular complexity index is 1030. The van der Waals surface area contributed by atoms with Crippen LogP contribution in [0.2, 0.25) is 5.15 Å². The quantitative estimate of drug-likeness (QED) is 0.669. The first kappa shape index (κ1) is 15.9. The summed E-state index contributed by atoms with van der Waals surface area (Å²) in [4.78, 5) is 22.8. The fourth-order valence-corrected chi connectivity index (χ4v) is 4.47. The molecule has 1 amide bonds. The average molecular weight is 383 g/mol. The molecule has 1 fully saturated rings. The highest BCUT2D eigenvalue weighted by molar-refractivity contribution is 7.98. The number of carbonyl (C=O) groups excluding carboxylic acids is 1. The third kappa shape index (κ3) is 2.70. The van der Waals surface area contributed by atoms with E-state index in [0.717, 1.165) is 35.8 Å². The number of nitrogens with one attached hydrogen (secondary N) is 1. The molecule has 1 saturated carbocycles. The van der Waals surface area contributed by atoms with E-state index in [9.17, 15) is 4.79 Å². The average Bonchev–Trinajstić information content (AvgIpc) is 3.41. The largest absolute Gasteiger partial charge is 0.320 e. The van der Waals surface area contributed by atoms with Crippen molar-refractivity contribution in [1.82, 2.24) is 14.5 Å². The Morgan fingerprint density at radius 3 is 2.92 bits per heavy atom. The zero-order valence-corrected chi connectivity index (χ0v) is 15.3. The van der Waals surface area contributed by atoms with Crippen molar-refractivity contribution < 1.29 is 4.79 Å². The van der Waals surface area contributed by atoms with Gasteiger partial charge >= 0.3 is 0 Å². The molecule has 7 heteroatoms. The first-order chi connectivity index (χ1) is 12.7. The number of pyridine rings is 1. The second-order valence-corrected chi connectivity index (χ2v) is 7.86. The molecule has 130 valence electrons. The van der Waals surface area contributed by atoms with Gasteiger partial charge in [0.25, 0.3) is 5.91 Å². The number of imidazole rings is 1. The van der Waals surface area contributed by atoms with Crippen LogP contribution < -0.4 is 5.32 Å². The van der Waals surface area contributed by atoms with Gasteiger partial charge in [0.1, 0.15) is 11.0 Å². The maximum Gasteiger partial charge on any atom is 0.276 e. The molecule has 26 heavy (non-hydrogen) atoms. The molecule has 1 aliphatic heterocycles. The lowest BCUT2D eigenvalue weighted by Gasteiger charge is -2.20. The molecule has 0 atom stereocenters. The predicted molar refractivity (Wildman–Crippen MR) is 102 cm³/mol. The number of nitrogens with zero attached hydrogens (tertiary/aromatic N) is 3. The number of fused-ring (bicyclic) bond motifs is 3. The maximum absolute atomic E-state index is 12.9. The number of para-hydroxylation sites is 1. The number of hydrogen-bond acceptors (Lipinski definition) is 4. The summed E-state index contributed by atoms with van der Waals surface area (Å²) in [5.74, 6) is 1.98. The van der Waals surface area contributed by atoms with Gasteiger partial charge in [-0.3, -0.25) is 9.36 Å². The van der Waals surface area contributed by atoms with Gasteiger partial charge in [-0.2, -0.15) is 0 Å². The number of benzene rings is 1. The Kier molecular flexibility index (Phi) is 3.76. The minimum Gasteiger partial charge on any atom is -0.320 e. The minimum absolute atomic E-state index is 0.206. The zero-order valence-electron chi connectivity index (χ0n) is 13.8. The molecule has 0 unspecified atom stereocenters. The molecular formula is C19H15ClN4OS. The summed E-state index contributed by atoms with van der Waals surface area (Å²) in [6, 6.07) is 11.7. The highest BCUT2D eigenvalue weighted by Gasteiger charge is 2.35. The lowest BCUT2D eigenvalue weighted by Crippen LogP contribution is -2.16. The van der Waals surface area contributed by atoms with Crippen LogP contribution in [0.4, 0.5) is 5.69 Å². The van der Waals surface area contributed by atoms with Crippen molar-refractivity contribution in [3.05, 3.63) is 65.0 Å². The van der Waals surface area contributed by atoms with E-state index in [4.69, 9.17) is 16.6 Å². The normalized spacial score (nSPS) is 15.3. The Morgan fingerprint density at radius 1 is 1.27 bits per heavy atom. The molecule has 3 aromatic rings. The van der Waals surface area contributed by atoms with Crippen molar-refractivity contribution in [3.63, 3.8) is 0 Å². The van der Waals surface area contributed by atoms with E-state index in [1.54, 1.807) is 30.1 Å². The number of rotatable bonds is 3. The van der Waals surface area contributed by atoms with Crippen molar-refractivity contribution in [2.75, 3.05) is 5.32 Å². The first-order valence-electron chi connectivity index (χ1n) is 8.47. The SMILES string of the molecule is O=C(Nc1ccnc(Cl)c1)c1nc(C2CC2)n2c1CSc1ccccc1-2. The molecule has 1 aromatic carbocycles. The van der Waals surface area contributed by atoms with Crippen LogP contribution in [0.3, 0.4) is 0 Å². The van der Waals surface area contributed by atoms with Gasteiger partial charge in [0.2, 0.25) is 0 Å². The van der Waals surface area contributed by atoms with E-state index in [0.29, 0.717) is 22.5 Å². The number of anilines is 1. The van der Waals surface area contributed by atoms with Crippen LogP contribution in [-0.2, 0) is 5.75 Å². The maximum atomic E-state index is 12.9. The van der Waals surface area contributed by atoms with E-state index in [2.05, 4.69) is 27.0 Å². The first-order valence-corrected chi connectivity index (χ1v) is 9.83. The zero-order chi connectivity index (χ0) is 17.7. The van der Waals surface area contributed by atoms with Crippen LogP contribution in [0.5, 0.6) is 0 Å². The number of halogens is 1. The standard InChI is InChI=1S/C19H15ClN4OS/c20-16-9-12(7-8-21-16)22-19(25)17-14-10-26-15-4-2-1-3-13(15)24(14)18(23-17)11-5-6-11/h1-4,7-9,11H,5-6,10H2,(H,21,22,25). The summed E-state index contributed by atoms with van der Waals surface area (Å²) >= 11 is 7.66. The van der Waals surface area contributed by atoms with Gasteiger partial charge < -0.3 is 5.32 Å². The summed E-state index contributed by atoms with van der Waals surface area (Å²) in [5, 5.41) is 3.24. The molecule has 2 aromatic heterocycles. The van der Waals surface area contributed by atoms with Crippen molar-refractivity contribution in [3.8, 4) is 5.69 Å². The van der Waals surface area contributed by atoms with E-state index in [1.807, 2.05) is 12.1 Å². The Balaban J connectivity index is 1.58. The Hall–Kier alpha value is -2.31. The summed E-state index contributed by atoms with van der Waals surface area (Å²) in [7, 11) is 0. The van der Waals surface area contributed by atoms with Crippen molar-refractivity contribution in [2.24, 2.45) is 0 Å². The smallest absolute Gasteiger partial charge is 0.276 e. The molecule has 5 rings (SSSR count). The third-order valence-electron chi connectivity index (χ3n) is 4.61. The monoisotopic (exact) mass is 382 g/mol. The number of amides is 1. The fourth-order valence-electron chi connectivity index (χ4n) is 3.25. The van der Waals surface area contributed by atoms with Gasteiger partial charge in [-0.15, -0.1) is 11.8 Å². The fraction of sp³-hybridized carbons (Fsp3) is 0.211. The molecule has 0 bridgehead atoms. The molecule has 5 nitrogen and oxygen atoms in total. The Labute approximate surface area is 159 Å². The van der Waals surface area contributed by atoms with Crippen molar-refractivity contribution >= 4 is 35.0 Å². The summed E-state index contributed by atoms with van der Waals surface area (Å²) in [6.07, 6.45) is 3.84. The molecular weight excluding hydrogens is 368 g/mol. The van der Waals surface area contributed by atoms with Crippen molar-refractivity contribution in [2.45, 2.75) is 29.4 Å². The highest BCUT2D eigenvalue weighted by atomic mass is 35.5. The number of hydrogen-bond donors (Lipinski definition) is 1. The van der Waals surface area contributed by atoms with Crippen LogP contribution >= 0.6 is 23.4 Å². The van der Waals surface area contributed by atoms with Crippen LogP contribution in [0, 0.1) is 0 Å². The number of carbonyl (C=O) groups is 1. The lowest BCUT2D eigenvalue weighted by atomic mass is 10.2. The van der Waals surface area contributed by atoms with Crippen LogP contribution in [-0.4, -0.2) is 20.4 Å². The second-order valence-electron chi connectivity index (χ2n) is 6.45. The van der Waals surface area contributed by atoms with Crippen LogP contribution in [0.25, 0.3) is 5.69 Å².